The molecule has 3 atom stereocenters. The summed E-state index contributed by atoms with van der Waals surface area (Å²) in [7, 11) is 3.13. The molecule has 7 nitrogen and oxygen atoms in total. The van der Waals surface area contributed by atoms with E-state index in [1.54, 1.807) is 21.1 Å². The molecule has 0 aliphatic heterocycles. The largest absolute Gasteiger partial charge is 0.388 e. The number of methoxy groups -OCH3 is 2. The summed E-state index contributed by atoms with van der Waals surface area (Å²) in [5.74, 6) is 0.202. The van der Waals surface area contributed by atoms with E-state index < -0.39 is 6.10 Å². The Morgan fingerprint density at radius 3 is 2.82 bits per heavy atom. The van der Waals surface area contributed by atoms with Gasteiger partial charge in [0.2, 0.25) is 0 Å². The Hall–Kier alpha value is -1.44. The average Bonchev–Trinajstić information content (AvgIpc) is 2.77. The first kappa shape index (κ1) is 16.9. The Balaban J connectivity index is 2.10. The summed E-state index contributed by atoms with van der Waals surface area (Å²) in [5, 5.41) is 17.0. The first-order valence-electron chi connectivity index (χ1n) is 7.54. The van der Waals surface area contributed by atoms with Gasteiger partial charge in [0.25, 0.3) is 5.91 Å². The number of nitrogens with zero attached hydrogens (tertiary/aromatic N) is 1. The van der Waals surface area contributed by atoms with Gasteiger partial charge in [-0.1, -0.05) is 18.0 Å². The molecule has 1 fully saturated rings. The molecule has 7 heteroatoms. The van der Waals surface area contributed by atoms with E-state index in [0.29, 0.717) is 17.7 Å². The topological polar surface area (TPSA) is 93.8 Å². The van der Waals surface area contributed by atoms with Gasteiger partial charge in [0.1, 0.15) is 11.9 Å². The molecule has 1 heterocycles. The third kappa shape index (κ3) is 3.66. The molecule has 124 valence electrons. The number of hydrogen-bond acceptors (Lipinski definition) is 6. The number of carbonyl (C=O) groups excluding carboxylic acids is 1. The number of amides is 1. The van der Waals surface area contributed by atoms with Crippen LogP contribution in [0.3, 0.4) is 0 Å². The summed E-state index contributed by atoms with van der Waals surface area (Å²) in [5.41, 5.74) is 0.844. The first-order valence-corrected chi connectivity index (χ1v) is 7.54. The highest BCUT2D eigenvalue weighted by atomic mass is 16.5. The third-order valence-electron chi connectivity index (χ3n) is 4.15. The lowest BCUT2D eigenvalue weighted by atomic mass is 10.0. The van der Waals surface area contributed by atoms with Crippen molar-refractivity contribution in [1.29, 1.82) is 0 Å². The van der Waals surface area contributed by atoms with E-state index in [0.717, 1.165) is 19.3 Å². The van der Waals surface area contributed by atoms with Crippen molar-refractivity contribution in [3.63, 3.8) is 0 Å². The molecule has 0 unspecified atom stereocenters. The van der Waals surface area contributed by atoms with Gasteiger partial charge in [-0.15, -0.1) is 0 Å². The number of aliphatic hydroxyl groups is 1. The van der Waals surface area contributed by atoms with Crippen molar-refractivity contribution in [3.05, 3.63) is 17.0 Å². The van der Waals surface area contributed by atoms with Crippen LogP contribution in [0.25, 0.3) is 0 Å². The van der Waals surface area contributed by atoms with Crippen molar-refractivity contribution in [2.75, 3.05) is 14.2 Å². The maximum atomic E-state index is 12.4. The van der Waals surface area contributed by atoms with Crippen molar-refractivity contribution in [2.24, 2.45) is 0 Å². The Bertz CT molecular complexity index is 502. The second kappa shape index (κ2) is 7.71. The molecule has 1 aromatic heterocycles. The standard InChI is InChI=1S/C15H24N2O5/c1-9-10(8-20-2)13(17-22-9)15(19)16-11-6-4-5-7-12(21-3)14(11)18/h11-12,14,18H,4-8H2,1-3H3,(H,16,19)/t11-,12-,14-/m1/s1. The van der Waals surface area contributed by atoms with Gasteiger partial charge in [0, 0.05) is 14.2 Å². The van der Waals surface area contributed by atoms with Crippen LogP contribution in [-0.4, -0.2) is 48.6 Å². The Morgan fingerprint density at radius 1 is 1.41 bits per heavy atom. The third-order valence-corrected chi connectivity index (χ3v) is 4.15. The molecule has 1 amide bonds. The second-order valence-corrected chi connectivity index (χ2v) is 5.63. The molecule has 0 saturated heterocycles. The molecule has 0 radical (unpaired) electrons. The summed E-state index contributed by atoms with van der Waals surface area (Å²) in [4.78, 5) is 12.4. The molecule has 0 spiro atoms. The normalized spacial score (nSPS) is 25.7. The Morgan fingerprint density at radius 2 is 2.14 bits per heavy atom. The van der Waals surface area contributed by atoms with Gasteiger partial charge in [-0.3, -0.25) is 4.79 Å². The lowest BCUT2D eigenvalue weighted by molar-refractivity contribution is -0.0277. The lowest BCUT2D eigenvalue weighted by Gasteiger charge is -2.26. The van der Waals surface area contributed by atoms with Crippen molar-refractivity contribution in [1.82, 2.24) is 10.5 Å². The minimum absolute atomic E-state index is 0.213. The molecular weight excluding hydrogens is 288 g/mol. The molecule has 1 aliphatic carbocycles. The zero-order valence-electron chi connectivity index (χ0n) is 13.3. The number of rotatable bonds is 5. The number of hydrogen-bond donors (Lipinski definition) is 2. The van der Waals surface area contributed by atoms with E-state index in [1.807, 2.05) is 0 Å². The van der Waals surface area contributed by atoms with Crippen molar-refractivity contribution < 1.29 is 23.9 Å². The molecule has 1 saturated carbocycles. The van der Waals surface area contributed by atoms with Gasteiger partial charge in [0.15, 0.2) is 5.69 Å². The van der Waals surface area contributed by atoms with E-state index in [2.05, 4.69) is 10.5 Å². The van der Waals surface area contributed by atoms with Crippen LogP contribution < -0.4 is 5.32 Å². The average molecular weight is 312 g/mol. The maximum absolute atomic E-state index is 12.4. The fourth-order valence-corrected chi connectivity index (χ4v) is 2.85. The van der Waals surface area contributed by atoms with Crippen LogP contribution in [0.1, 0.15) is 47.5 Å². The second-order valence-electron chi connectivity index (χ2n) is 5.63. The van der Waals surface area contributed by atoms with Crippen LogP contribution in [0.4, 0.5) is 0 Å². The minimum atomic E-state index is -0.727. The molecule has 2 rings (SSSR count). The molecular formula is C15H24N2O5. The van der Waals surface area contributed by atoms with Crippen molar-refractivity contribution in [3.8, 4) is 0 Å². The zero-order valence-corrected chi connectivity index (χ0v) is 13.3. The van der Waals surface area contributed by atoms with Crippen molar-refractivity contribution in [2.45, 2.75) is 57.5 Å². The fourth-order valence-electron chi connectivity index (χ4n) is 2.85. The van der Waals surface area contributed by atoms with E-state index in [1.165, 1.54) is 0 Å². The smallest absolute Gasteiger partial charge is 0.274 e. The van der Waals surface area contributed by atoms with Crippen LogP contribution in [0.5, 0.6) is 0 Å². The van der Waals surface area contributed by atoms with Gasteiger partial charge >= 0.3 is 0 Å². The number of nitrogens with one attached hydrogen (secondary N) is 1. The summed E-state index contributed by atoms with van der Waals surface area (Å²) in [6, 6.07) is -0.354. The number of aromatic nitrogens is 1. The molecule has 0 aromatic carbocycles. The predicted molar refractivity (Wildman–Crippen MR) is 78.5 cm³/mol. The highest BCUT2D eigenvalue weighted by Gasteiger charge is 2.32. The zero-order chi connectivity index (χ0) is 16.1. The van der Waals surface area contributed by atoms with Gasteiger partial charge in [0.05, 0.1) is 24.3 Å². The van der Waals surface area contributed by atoms with Crippen LogP contribution in [-0.2, 0) is 16.1 Å². The summed E-state index contributed by atoms with van der Waals surface area (Å²) >= 11 is 0. The molecule has 0 bridgehead atoms. The number of carbonyl (C=O) groups is 1. The van der Waals surface area contributed by atoms with Crippen LogP contribution in [0, 0.1) is 6.92 Å². The highest BCUT2D eigenvalue weighted by molar-refractivity contribution is 5.94. The van der Waals surface area contributed by atoms with Gasteiger partial charge in [-0.05, 0) is 19.8 Å². The highest BCUT2D eigenvalue weighted by Crippen LogP contribution is 2.22. The molecule has 2 N–H and O–H groups in total. The van der Waals surface area contributed by atoms with Crippen LogP contribution >= 0.6 is 0 Å². The quantitative estimate of drug-likeness (QED) is 0.793. The first-order chi connectivity index (χ1) is 10.6. The number of aliphatic hydroxyl groups excluding tert-OH is 1. The lowest BCUT2D eigenvalue weighted by Crippen LogP contribution is -2.48. The van der Waals surface area contributed by atoms with Gasteiger partial charge < -0.3 is 24.4 Å². The molecule has 1 aliphatic rings. The van der Waals surface area contributed by atoms with E-state index in [9.17, 15) is 9.90 Å². The van der Waals surface area contributed by atoms with Gasteiger partial charge in [-0.2, -0.15) is 0 Å². The molecule has 1 aromatic rings. The monoisotopic (exact) mass is 312 g/mol. The van der Waals surface area contributed by atoms with E-state index >= 15 is 0 Å². The number of ether oxygens (including phenoxy) is 2. The Labute approximate surface area is 130 Å². The molecule has 22 heavy (non-hydrogen) atoms. The van der Waals surface area contributed by atoms with E-state index in [4.69, 9.17) is 14.0 Å². The summed E-state index contributed by atoms with van der Waals surface area (Å²) < 4.78 is 15.5. The Kier molecular flexibility index (Phi) is 5.93. The summed E-state index contributed by atoms with van der Waals surface area (Å²) in [6.07, 6.45) is 2.43. The SMILES string of the molecule is COCc1c(C(=O)N[C@@H]2CCCC[C@@H](OC)[C@@H]2O)noc1C. The predicted octanol–water partition coefficient (Wildman–Crippen LogP) is 1.18. The minimum Gasteiger partial charge on any atom is -0.388 e. The van der Waals surface area contributed by atoms with Crippen molar-refractivity contribution >= 4 is 5.91 Å². The fraction of sp³-hybridized carbons (Fsp3) is 0.733. The van der Waals surface area contributed by atoms with E-state index in [-0.39, 0.29) is 30.4 Å². The maximum Gasteiger partial charge on any atom is 0.274 e. The van der Waals surface area contributed by atoms with Crippen LogP contribution in [0.15, 0.2) is 4.52 Å². The number of aryl methyl sites for hydroxylation is 1. The van der Waals surface area contributed by atoms with Crippen LogP contribution in [0.2, 0.25) is 0 Å². The summed E-state index contributed by atoms with van der Waals surface area (Å²) in [6.45, 7) is 1.99. The van der Waals surface area contributed by atoms with Gasteiger partial charge in [-0.25, -0.2) is 0 Å².